The van der Waals surface area contributed by atoms with E-state index in [0.29, 0.717) is 11.8 Å². The number of rotatable bonds is 2. The van der Waals surface area contributed by atoms with Crippen molar-refractivity contribution >= 4 is 5.91 Å². The lowest BCUT2D eigenvalue weighted by molar-refractivity contribution is 0.0694. The van der Waals surface area contributed by atoms with Crippen LogP contribution in [-0.4, -0.2) is 47.8 Å². The summed E-state index contributed by atoms with van der Waals surface area (Å²) in [4.78, 5) is 25.3. The highest BCUT2D eigenvalue weighted by Crippen LogP contribution is 2.00. The van der Waals surface area contributed by atoms with Crippen molar-refractivity contribution in [2.45, 2.75) is 19.9 Å². The van der Waals surface area contributed by atoms with E-state index >= 15 is 0 Å². The Balaban J connectivity index is 2.01. The van der Waals surface area contributed by atoms with Gasteiger partial charge in [-0.05, 0) is 13.8 Å². The van der Waals surface area contributed by atoms with Crippen molar-refractivity contribution in [3.8, 4) is 0 Å². The maximum absolute atomic E-state index is 11.9. The summed E-state index contributed by atoms with van der Waals surface area (Å²) >= 11 is 0. The maximum atomic E-state index is 11.9. The third-order valence-electron chi connectivity index (χ3n) is 2.80. The van der Waals surface area contributed by atoms with Gasteiger partial charge in [-0.3, -0.25) is 14.5 Å². The number of aryl methyl sites for hydroxylation is 1. The fourth-order valence-electron chi connectivity index (χ4n) is 2.03. The van der Waals surface area contributed by atoms with Crippen LogP contribution < -0.4 is 10.9 Å². The van der Waals surface area contributed by atoms with Gasteiger partial charge in [0, 0.05) is 31.7 Å². The van der Waals surface area contributed by atoms with E-state index in [2.05, 4.69) is 12.2 Å². The summed E-state index contributed by atoms with van der Waals surface area (Å²) in [7, 11) is 0. The molecule has 1 aromatic heterocycles. The van der Waals surface area contributed by atoms with Gasteiger partial charge in [-0.15, -0.1) is 4.74 Å². The molecule has 0 bridgehead atoms. The molecule has 17 heavy (non-hydrogen) atoms. The summed E-state index contributed by atoms with van der Waals surface area (Å²) in [5.41, 5.74) is -0.393. The van der Waals surface area contributed by atoms with Crippen LogP contribution in [0.4, 0.5) is 0 Å². The first kappa shape index (κ1) is 12.1. The molecule has 6 nitrogen and oxygen atoms in total. The van der Waals surface area contributed by atoms with E-state index in [-0.39, 0.29) is 12.5 Å². The van der Waals surface area contributed by atoms with Crippen molar-refractivity contribution < 1.29 is 9.32 Å². The van der Waals surface area contributed by atoms with Crippen molar-refractivity contribution in [3.05, 3.63) is 22.2 Å². The van der Waals surface area contributed by atoms with Gasteiger partial charge in [-0.1, -0.05) is 0 Å². The summed E-state index contributed by atoms with van der Waals surface area (Å²) in [5.74, 6) is 0.147. The van der Waals surface area contributed by atoms with E-state index in [1.807, 2.05) is 4.90 Å². The van der Waals surface area contributed by atoms with Crippen molar-refractivity contribution in [3.63, 3.8) is 0 Å². The molecular formula is C11H17N3O3. The topological polar surface area (TPSA) is 67.5 Å². The Morgan fingerprint density at radius 1 is 1.65 bits per heavy atom. The fraction of sp³-hybridized carbons (Fsp3) is 0.636. The number of nitrogens with one attached hydrogen (secondary N) is 1. The van der Waals surface area contributed by atoms with Crippen LogP contribution in [-0.2, 0) is 0 Å². The monoisotopic (exact) mass is 239 g/mol. The minimum Gasteiger partial charge on any atom is -0.373 e. The Bertz CT molecular complexity index is 463. The molecule has 1 saturated heterocycles. The van der Waals surface area contributed by atoms with Gasteiger partial charge in [0.2, 0.25) is 0 Å². The van der Waals surface area contributed by atoms with Crippen molar-refractivity contribution in [1.29, 1.82) is 0 Å². The van der Waals surface area contributed by atoms with Gasteiger partial charge in [-0.25, -0.2) is 0 Å². The quantitative estimate of drug-likeness (QED) is 0.766. The second kappa shape index (κ2) is 4.85. The van der Waals surface area contributed by atoms with Gasteiger partial charge in [0.05, 0.1) is 6.54 Å². The zero-order valence-electron chi connectivity index (χ0n) is 10.1. The average Bonchev–Trinajstić information content (AvgIpc) is 2.58. The predicted octanol–water partition coefficient (Wildman–Crippen LogP) is -0.316. The molecule has 1 atom stereocenters. The molecule has 1 fully saturated rings. The first-order valence-corrected chi connectivity index (χ1v) is 5.75. The molecule has 6 heteroatoms. The smallest absolute Gasteiger partial charge is 0.290 e. The molecule has 0 radical (unpaired) electrons. The molecule has 1 N–H and O–H groups in total. The van der Waals surface area contributed by atoms with E-state index < -0.39 is 5.56 Å². The highest BCUT2D eigenvalue weighted by molar-refractivity contribution is 5.79. The normalized spacial score (nSPS) is 21.6. The van der Waals surface area contributed by atoms with Gasteiger partial charge in [0.15, 0.2) is 0 Å². The first-order valence-electron chi connectivity index (χ1n) is 5.75. The Kier molecular flexibility index (Phi) is 3.44. The van der Waals surface area contributed by atoms with Gasteiger partial charge in [0.25, 0.3) is 11.5 Å². The lowest BCUT2D eigenvalue weighted by Gasteiger charge is -2.30. The van der Waals surface area contributed by atoms with Crippen LogP contribution in [0.2, 0.25) is 0 Å². The summed E-state index contributed by atoms with van der Waals surface area (Å²) in [6.07, 6.45) is 0. The van der Waals surface area contributed by atoms with Gasteiger partial charge >= 0.3 is 0 Å². The summed E-state index contributed by atoms with van der Waals surface area (Å²) in [6.45, 7) is 6.42. The number of nitrogens with zero attached hydrogens (tertiary/aromatic N) is 2. The van der Waals surface area contributed by atoms with Crippen LogP contribution in [0.3, 0.4) is 0 Å². The van der Waals surface area contributed by atoms with E-state index in [4.69, 9.17) is 4.52 Å². The molecule has 2 rings (SSSR count). The van der Waals surface area contributed by atoms with Crippen LogP contribution >= 0.6 is 0 Å². The second-order valence-electron chi connectivity index (χ2n) is 4.46. The van der Waals surface area contributed by atoms with Gasteiger partial charge < -0.3 is 9.84 Å². The standard InChI is InChI=1S/C11H17N3O3/c1-8-6-13(4-3-12-8)7-11(16)14-10(15)5-9(2)17-14/h5,8,12H,3-4,6-7H2,1-2H3. The number of carbonyl (C=O) groups excluding carboxylic acids is 1. The Hall–Kier alpha value is -1.40. The predicted molar refractivity (Wildman–Crippen MR) is 62.2 cm³/mol. The summed E-state index contributed by atoms with van der Waals surface area (Å²) in [6, 6.07) is 1.68. The molecule has 2 heterocycles. The van der Waals surface area contributed by atoms with E-state index in [9.17, 15) is 9.59 Å². The van der Waals surface area contributed by atoms with E-state index in [1.165, 1.54) is 6.07 Å². The number of hydrogen-bond acceptors (Lipinski definition) is 5. The lowest BCUT2D eigenvalue weighted by atomic mass is 10.2. The zero-order valence-corrected chi connectivity index (χ0v) is 10.1. The zero-order chi connectivity index (χ0) is 12.4. The number of piperazine rings is 1. The maximum Gasteiger partial charge on any atom is 0.290 e. The minimum atomic E-state index is -0.393. The molecule has 0 spiro atoms. The summed E-state index contributed by atoms with van der Waals surface area (Å²) in [5, 5.41) is 3.30. The van der Waals surface area contributed by atoms with E-state index in [1.54, 1.807) is 6.92 Å². The lowest BCUT2D eigenvalue weighted by Crippen LogP contribution is -2.51. The van der Waals surface area contributed by atoms with Crippen LogP contribution in [0, 0.1) is 6.92 Å². The Morgan fingerprint density at radius 2 is 2.41 bits per heavy atom. The SMILES string of the molecule is Cc1cc(=O)n(C(=O)CN2CCNC(C)C2)o1. The van der Waals surface area contributed by atoms with Crippen LogP contribution in [0.5, 0.6) is 0 Å². The average molecular weight is 239 g/mol. The van der Waals surface area contributed by atoms with Crippen LogP contribution in [0.25, 0.3) is 0 Å². The highest BCUT2D eigenvalue weighted by Gasteiger charge is 2.20. The molecular weight excluding hydrogens is 222 g/mol. The number of aromatic nitrogens is 1. The number of carbonyl (C=O) groups is 1. The van der Waals surface area contributed by atoms with Crippen LogP contribution in [0.1, 0.15) is 17.5 Å². The molecule has 1 aromatic rings. The van der Waals surface area contributed by atoms with Crippen LogP contribution in [0.15, 0.2) is 15.4 Å². The van der Waals surface area contributed by atoms with Gasteiger partial charge in [-0.2, -0.15) is 0 Å². The van der Waals surface area contributed by atoms with E-state index in [0.717, 1.165) is 24.4 Å². The molecule has 1 unspecified atom stereocenters. The third kappa shape index (κ3) is 2.83. The number of hydrogen-bond donors (Lipinski definition) is 1. The molecule has 94 valence electrons. The molecule has 1 aliphatic rings. The summed E-state index contributed by atoms with van der Waals surface area (Å²) < 4.78 is 5.89. The minimum absolute atomic E-state index is 0.221. The molecule has 0 aromatic carbocycles. The largest absolute Gasteiger partial charge is 0.373 e. The van der Waals surface area contributed by atoms with Crippen molar-refractivity contribution in [2.75, 3.05) is 26.2 Å². The fourth-order valence-corrected chi connectivity index (χ4v) is 2.03. The molecule has 0 amide bonds. The Labute approximate surface area is 99.2 Å². The molecule has 1 aliphatic heterocycles. The van der Waals surface area contributed by atoms with Crippen molar-refractivity contribution in [1.82, 2.24) is 15.0 Å². The Morgan fingerprint density at radius 3 is 3.00 bits per heavy atom. The third-order valence-corrected chi connectivity index (χ3v) is 2.80. The highest BCUT2D eigenvalue weighted by atomic mass is 16.5. The van der Waals surface area contributed by atoms with Crippen molar-refractivity contribution in [2.24, 2.45) is 0 Å². The first-order chi connectivity index (χ1) is 8.06. The molecule has 0 aliphatic carbocycles. The second-order valence-corrected chi connectivity index (χ2v) is 4.46. The van der Waals surface area contributed by atoms with Gasteiger partial charge in [0.1, 0.15) is 5.76 Å². The molecule has 0 saturated carbocycles.